The summed E-state index contributed by atoms with van der Waals surface area (Å²) in [7, 11) is 0. The topological polar surface area (TPSA) is 46.0 Å². The van der Waals surface area contributed by atoms with Crippen molar-refractivity contribution >= 4 is 11.8 Å². The highest BCUT2D eigenvalue weighted by Crippen LogP contribution is 2.31. The molecule has 16 heavy (non-hydrogen) atoms. The van der Waals surface area contributed by atoms with Gasteiger partial charge >= 0.3 is 0 Å². The fourth-order valence-corrected chi connectivity index (χ4v) is 2.33. The van der Waals surface area contributed by atoms with Crippen molar-refractivity contribution < 1.29 is 5.11 Å². The molecule has 1 aromatic carbocycles. The predicted octanol–water partition coefficient (Wildman–Crippen LogP) is 2.68. The lowest BCUT2D eigenvalue weighted by atomic mass is 10.1. The Labute approximate surface area is 98.6 Å². The first kappa shape index (κ1) is 11.1. The van der Waals surface area contributed by atoms with Gasteiger partial charge in [-0.3, -0.25) is 0 Å². The largest absolute Gasteiger partial charge is 0.389 e. The third-order valence-corrected chi connectivity index (χ3v) is 3.18. The van der Waals surface area contributed by atoms with Crippen LogP contribution in [0, 0.1) is 0 Å². The summed E-state index contributed by atoms with van der Waals surface area (Å²) in [5.41, 5.74) is 0.922. The second-order valence-corrected chi connectivity index (χ2v) is 4.43. The van der Waals surface area contributed by atoms with Gasteiger partial charge in [-0.05, 0) is 24.6 Å². The van der Waals surface area contributed by atoms with E-state index in [1.54, 1.807) is 13.1 Å². The van der Waals surface area contributed by atoms with Crippen molar-refractivity contribution in [2.24, 2.45) is 0 Å². The number of rotatable bonds is 3. The third kappa shape index (κ3) is 2.59. The zero-order chi connectivity index (χ0) is 11.4. The molecule has 4 heteroatoms. The van der Waals surface area contributed by atoms with E-state index in [1.165, 1.54) is 18.1 Å². The van der Waals surface area contributed by atoms with Crippen LogP contribution in [-0.4, -0.2) is 15.1 Å². The van der Waals surface area contributed by atoms with E-state index in [2.05, 4.69) is 9.97 Å². The summed E-state index contributed by atoms with van der Waals surface area (Å²) in [4.78, 5) is 9.04. The molecule has 0 saturated carbocycles. The second-order valence-electron chi connectivity index (χ2n) is 3.36. The van der Waals surface area contributed by atoms with E-state index >= 15 is 0 Å². The van der Waals surface area contributed by atoms with Crippen LogP contribution in [0.1, 0.15) is 18.6 Å². The van der Waals surface area contributed by atoms with E-state index in [9.17, 15) is 5.11 Å². The molecule has 0 aliphatic carbocycles. The van der Waals surface area contributed by atoms with Crippen LogP contribution in [0.3, 0.4) is 0 Å². The minimum atomic E-state index is -0.467. The standard InChI is InChI=1S/C12H12N2OS/c1-9(15)10-4-2-3-5-11(10)16-12-6-7-13-8-14-12/h2-9,15H,1H3/t9-/m1/s1. The number of benzene rings is 1. The van der Waals surface area contributed by atoms with Gasteiger partial charge in [0.1, 0.15) is 11.4 Å². The Balaban J connectivity index is 2.28. The SMILES string of the molecule is C[C@@H](O)c1ccccc1Sc1ccncn1. The molecule has 1 N–H and O–H groups in total. The van der Waals surface area contributed by atoms with E-state index < -0.39 is 6.10 Å². The van der Waals surface area contributed by atoms with Crippen LogP contribution >= 0.6 is 11.8 Å². The minimum absolute atomic E-state index is 0.467. The molecular formula is C12H12N2OS. The summed E-state index contributed by atoms with van der Waals surface area (Å²) < 4.78 is 0. The molecular weight excluding hydrogens is 220 g/mol. The van der Waals surface area contributed by atoms with Gasteiger partial charge in [-0.25, -0.2) is 9.97 Å². The molecule has 0 bridgehead atoms. The number of aliphatic hydroxyl groups is 1. The van der Waals surface area contributed by atoms with Crippen LogP contribution in [0.4, 0.5) is 0 Å². The van der Waals surface area contributed by atoms with E-state index in [0.29, 0.717) is 0 Å². The Morgan fingerprint density at radius 3 is 2.75 bits per heavy atom. The Morgan fingerprint density at radius 1 is 1.25 bits per heavy atom. The predicted molar refractivity (Wildman–Crippen MR) is 63.2 cm³/mol. The number of aromatic nitrogens is 2. The molecule has 1 aromatic heterocycles. The molecule has 0 radical (unpaired) electrons. The van der Waals surface area contributed by atoms with Crippen molar-refractivity contribution in [1.29, 1.82) is 0 Å². The van der Waals surface area contributed by atoms with Crippen molar-refractivity contribution in [3.63, 3.8) is 0 Å². The van der Waals surface area contributed by atoms with Gasteiger partial charge in [0.05, 0.1) is 6.10 Å². The Kier molecular flexibility index (Phi) is 3.54. The second kappa shape index (κ2) is 5.09. The monoisotopic (exact) mass is 232 g/mol. The molecule has 0 saturated heterocycles. The highest BCUT2D eigenvalue weighted by atomic mass is 32.2. The maximum atomic E-state index is 9.64. The van der Waals surface area contributed by atoms with Crippen molar-refractivity contribution in [1.82, 2.24) is 9.97 Å². The Bertz CT molecular complexity index is 460. The third-order valence-electron chi connectivity index (χ3n) is 2.14. The van der Waals surface area contributed by atoms with E-state index in [0.717, 1.165) is 15.5 Å². The van der Waals surface area contributed by atoms with Crippen molar-refractivity contribution in [2.75, 3.05) is 0 Å². The molecule has 0 spiro atoms. The van der Waals surface area contributed by atoms with Crippen LogP contribution in [0.5, 0.6) is 0 Å². The first-order valence-corrected chi connectivity index (χ1v) is 5.80. The number of aliphatic hydroxyl groups excluding tert-OH is 1. The molecule has 1 atom stereocenters. The quantitative estimate of drug-likeness (QED) is 0.826. The van der Waals surface area contributed by atoms with Crippen LogP contribution in [0.15, 0.2) is 52.8 Å². The maximum Gasteiger partial charge on any atom is 0.116 e. The van der Waals surface area contributed by atoms with Gasteiger partial charge in [-0.2, -0.15) is 0 Å². The van der Waals surface area contributed by atoms with Crippen molar-refractivity contribution in [3.8, 4) is 0 Å². The van der Waals surface area contributed by atoms with Crippen molar-refractivity contribution in [2.45, 2.75) is 22.9 Å². The van der Waals surface area contributed by atoms with Gasteiger partial charge in [0.2, 0.25) is 0 Å². The lowest BCUT2D eigenvalue weighted by molar-refractivity contribution is 0.196. The maximum absolute atomic E-state index is 9.64. The summed E-state index contributed by atoms with van der Waals surface area (Å²) in [6, 6.07) is 9.63. The van der Waals surface area contributed by atoms with Gasteiger partial charge in [-0.15, -0.1) is 0 Å². The Morgan fingerprint density at radius 2 is 2.06 bits per heavy atom. The smallest absolute Gasteiger partial charge is 0.116 e. The molecule has 0 unspecified atom stereocenters. The normalized spacial score (nSPS) is 12.4. The summed E-state index contributed by atoms with van der Waals surface area (Å²) in [6.45, 7) is 1.76. The summed E-state index contributed by atoms with van der Waals surface area (Å²) in [6.07, 6.45) is 2.76. The molecule has 82 valence electrons. The van der Waals surface area contributed by atoms with Crippen molar-refractivity contribution in [3.05, 3.63) is 48.4 Å². The highest BCUT2D eigenvalue weighted by molar-refractivity contribution is 7.99. The Hall–Kier alpha value is -1.39. The van der Waals surface area contributed by atoms with Gasteiger partial charge in [-0.1, -0.05) is 30.0 Å². The first-order chi connectivity index (χ1) is 7.77. The zero-order valence-corrected chi connectivity index (χ0v) is 9.69. The molecule has 0 fully saturated rings. The fourth-order valence-electron chi connectivity index (χ4n) is 1.37. The van der Waals surface area contributed by atoms with Gasteiger partial charge in [0.25, 0.3) is 0 Å². The van der Waals surface area contributed by atoms with E-state index in [4.69, 9.17) is 0 Å². The van der Waals surface area contributed by atoms with Gasteiger partial charge in [0, 0.05) is 11.1 Å². The van der Waals surface area contributed by atoms with Gasteiger partial charge in [0.15, 0.2) is 0 Å². The van der Waals surface area contributed by atoms with E-state index in [1.807, 2.05) is 30.3 Å². The lowest BCUT2D eigenvalue weighted by Gasteiger charge is -2.10. The van der Waals surface area contributed by atoms with Crippen LogP contribution in [-0.2, 0) is 0 Å². The van der Waals surface area contributed by atoms with E-state index in [-0.39, 0.29) is 0 Å². The average molecular weight is 232 g/mol. The summed E-state index contributed by atoms with van der Waals surface area (Å²) in [5.74, 6) is 0. The van der Waals surface area contributed by atoms with Crippen LogP contribution < -0.4 is 0 Å². The number of hydrogen-bond donors (Lipinski definition) is 1. The molecule has 1 heterocycles. The first-order valence-electron chi connectivity index (χ1n) is 4.98. The summed E-state index contributed by atoms with van der Waals surface area (Å²) in [5, 5.41) is 10.5. The number of hydrogen-bond acceptors (Lipinski definition) is 4. The minimum Gasteiger partial charge on any atom is -0.389 e. The highest BCUT2D eigenvalue weighted by Gasteiger charge is 2.08. The zero-order valence-electron chi connectivity index (χ0n) is 8.87. The molecule has 0 aliphatic heterocycles. The lowest BCUT2D eigenvalue weighted by Crippen LogP contribution is -1.93. The fraction of sp³-hybridized carbons (Fsp3) is 0.167. The molecule has 2 rings (SSSR count). The van der Waals surface area contributed by atoms with Crippen LogP contribution in [0.2, 0.25) is 0 Å². The van der Waals surface area contributed by atoms with Gasteiger partial charge < -0.3 is 5.11 Å². The average Bonchev–Trinajstić information content (AvgIpc) is 2.31. The number of nitrogens with zero attached hydrogens (tertiary/aromatic N) is 2. The van der Waals surface area contributed by atoms with Crippen LogP contribution in [0.25, 0.3) is 0 Å². The summed E-state index contributed by atoms with van der Waals surface area (Å²) >= 11 is 1.53. The molecule has 3 nitrogen and oxygen atoms in total. The molecule has 2 aromatic rings. The molecule has 0 aliphatic rings. The molecule has 0 amide bonds.